The minimum Gasteiger partial charge on any atom is -0.497 e. The zero-order valence-electron chi connectivity index (χ0n) is 15.9. The highest BCUT2D eigenvalue weighted by molar-refractivity contribution is 5.82. The van der Waals surface area contributed by atoms with Gasteiger partial charge in [-0.2, -0.15) is 0 Å². The Bertz CT molecular complexity index is 602. The third-order valence-corrected chi connectivity index (χ3v) is 5.72. The first-order valence-corrected chi connectivity index (χ1v) is 9.62. The van der Waals surface area contributed by atoms with E-state index in [-0.39, 0.29) is 5.91 Å². The maximum atomic E-state index is 12.7. The van der Waals surface area contributed by atoms with Gasteiger partial charge in [-0.1, -0.05) is 18.6 Å². The number of likely N-dealkylation sites (tertiary alicyclic amines) is 1. The van der Waals surface area contributed by atoms with Gasteiger partial charge in [-0.25, -0.2) is 0 Å². The molecule has 0 bridgehead atoms. The number of piperazine rings is 1. The van der Waals surface area contributed by atoms with Crippen LogP contribution in [0.2, 0.25) is 0 Å². The molecule has 0 aromatic heterocycles. The number of nitrogens with zero attached hydrogens (tertiary/aromatic N) is 3. The van der Waals surface area contributed by atoms with Crippen LogP contribution < -0.4 is 4.74 Å². The van der Waals surface area contributed by atoms with Crippen LogP contribution in [0.5, 0.6) is 5.75 Å². The number of methoxy groups -OCH3 is 1. The fourth-order valence-electron chi connectivity index (χ4n) is 3.95. The Kier molecular flexibility index (Phi) is 6.51. The Hall–Kier alpha value is -1.63. The molecule has 2 fully saturated rings. The first kappa shape index (κ1) is 19.1. The van der Waals surface area contributed by atoms with E-state index >= 15 is 0 Å². The van der Waals surface area contributed by atoms with Crippen molar-refractivity contribution in [2.45, 2.75) is 31.4 Å². The quantitative estimate of drug-likeness (QED) is 0.858. The molecule has 2 saturated heterocycles. The lowest BCUT2D eigenvalue weighted by molar-refractivity contribution is -0.142. The van der Waals surface area contributed by atoms with Gasteiger partial charge in [0.05, 0.1) is 7.11 Å². The summed E-state index contributed by atoms with van der Waals surface area (Å²) in [5, 5.41) is 10.5. The Morgan fingerprint density at radius 3 is 2.69 bits per heavy atom. The number of hydrogen-bond acceptors (Lipinski definition) is 5. The van der Waals surface area contributed by atoms with E-state index in [9.17, 15) is 9.90 Å². The van der Waals surface area contributed by atoms with Gasteiger partial charge in [0.25, 0.3) is 5.91 Å². The van der Waals surface area contributed by atoms with E-state index in [1.807, 2.05) is 6.07 Å². The van der Waals surface area contributed by atoms with Crippen LogP contribution in [0.3, 0.4) is 0 Å². The van der Waals surface area contributed by atoms with E-state index in [2.05, 4.69) is 16.8 Å². The Morgan fingerprint density at radius 1 is 1.23 bits per heavy atom. The number of ether oxygens (including phenoxy) is 1. The van der Waals surface area contributed by atoms with E-state index in [4.69, 9.17) is 4.74 Å². The van der Waals surface area contributed by atoms with Crippen molar-refractivity contribution in [2.24, 2.45) is 0 Å². The van der Waals surface area contributed by atoms with Gasteiger partial charge in [-0.05, 0) is 44.1 Å². The molecule has 1 aromatic carbocycles. The maximum absolute atomic E-state index is 12.7. The molecule has 2 aliphatic heterocycles. The van der Waals surface area contributed by atoms with Gasteiger partial charge in [0, 0.05) is 38.8 Å². The van der Waals surface area contributed by atoms with Gasteiger partial charge < -0.3 is 19.6 Å². The van der Waals surface area contributed by atoms with Crippen LogP contribution in [0.25, 0.3) is 0 Å². The molecule has 0 aliphatic carbocycles. The number of piperidine rings is 1. The summed E-state index contributed by atoms with van der Waals surface area (Å²) < 4.78 is 5.18. The molecular formula is C20H31N3O3. The highest BCUT2D eigenvalue weighted by atomic mass is 16.5. The summed E-state index contributed by atoms with van der Waals surface area (Å²) >= 11 is 0. The van der Waals surface area contributed by atoms with Crippen molar-refractivity contribution in [2.75, 3.05) is 53.4 Å². The Labute approximate surface area is 156 Å². The maximum Gasteiger partial charge on any atom is 0.256 e. The zero-order valence-corrected chi connectivity index (χ0v) is 15.9. The fourth-order valence-corrected chi connectivity index (χ4v) is 3.95. The third-order valence-electron chi connectivity index (χ3n) is 5.72. The lowest BCUT2D eigenvalue weighted by Gasteiger charge is -2.40. The largest absolute Gasteiger partial charge is 0.497 e. The third kappa shape index (κ3) is 4.55. The van der Waals surface area contributed by atoms with Crippen molar-refractivity contribution < 1.29 is 14.6 Å². The number of carbonyl (C=O) groups is 1. The van der Waals surface area contributed by atoms with E-state index in [1.54, 1.807) is 30.2 Å². The number of hydrogen-bond donors (Lipinski definition) is 1. The van der Waals surface area contributed by atoms with Gasteiger partial charge in [-0.3, -0.25) is 9.69 Å². The van der Waals surface area contributed by atoms with E-state index in [0.717, 1.165) is 19.6 Å². The molecule has 144 valence electrons. The Morgan fingerprint density at radius 2 is 2.00 bits per heavy atom. The number of carbonyl (C=O) groups excluding carboxylic acids is 1. The van der Waals surface area contributed by atoms with Gasteiger partial charge in [-0.15, -0.1) is 0 Å². The number of rotatable bonds is 5. The summed E-state index contributed by atoms with van der Waals surface area (Å²) in [6, 6.07) is 7.72. The van der Waals surface area contributed by atoms with Gasteiger partial charge in [0.15, 0.2) is 6.10 Å². The van der Waals surface area contributed by atoms with Crippen molar-refractivity contribution in [1.29, 1.82) is 0 Å². The summed E-state index contributed by atoms with van der Waals surface area (Å²) in [6.07, 6.45) is 2.77. The molecule has 1 aromatic rings. The summed E-state index contributed by atoms with van der Waals surface area (Å²) in [7, 11) is 3.80. The SMILES string of the molecule is COc1cccc(C(O)C(=O)N2CCN(CC3CCCCN3C)CC2)c1. The molecule has 2 atom stereocenters. The van der Waals surface area contributed by atoms with Crippen LogP contribution in [-0.2, 0) is 4.79 Å². The number of aliphatic hydroxyl groups is 1. The fraction of sp³-hybridized carbons (Fsp3) is 0.650. The number of amides is 1. The van der Waals surface area contributed by atoms with Gasteiger partial charge in [0.1, 0.15) is 5.75 Å². The van der Waals surface area contributed by atoms with E-state index in [1.165, 1.54) is 25.8 Å². The first-order chi connectivity index (χ1) is 12.6. The zero-order chi connectivity index (χ0) is 18.5. The smallest absolute Gasteiger partial charge is 0.256 e. The second-order valence-electron chi connectivity index (χ2n) is 7.44. The van der Waals surface area contributed by atoms with Crippen LogP contribution in [0.15, 0.2) is 24.3 Å². The average molecular weight is 361 g/mol. The minimum absolute atomic E-state index is 0.215. The van der Waals surface area contributed by atoms with Crippen LogP contribution in [0.1, 0.15) is 30.9 Å². The van der Waals surface area contributed by atoms with E-state index in [0.29, 0.717) is 30.4 Å². The molecule has 2 unspecified atom stereocenters. The average Bonchev–Trinajstić information content (AvgIpc) is 2.69. The van der Waals surface area contributed by atoms with Crippen LogP contribution in [0.4, 0.5) is 0 Å². The Balaban J connectivity index is 1.51. The van der Waals surface area contributed by atoms with Crippen LogP contribution >= 0.6 is 0 Å². The molecule has 3 rings (SSSR count). The molecule has 0 saturated carbocycles. The molecule has 6 nitrogen and oxygen atoms in total. The monoisotopic (exact) mass is 361 g/mol. The summed E-state index contributed by atoms with van der Waals surface area (Å²) in [5.41, 5.74) is 0.584. The van der Waals surface area contributed by atoms with Gasteiger partial charge in [0.2, 0.25) is 0 Å². The summed E-state index contributed by atoms with van der Waals surface area (Å²) in [6.45, 7) is 5.38. The van der Waals surface area contributed by atoms with Crippen LogP contribution in [0, 0.1) is 0 Å². The standard InChI is InChI=1S/C20H31N3O3/c1-21-9-4-3-7-17(21)15-22-10-12-23(13-11-22)20(25)19(24)16-6-5-8-18(14-16)26-2/h5-6,8,14,17,19,24H,3-4,7,9-13,15H2,1-2H3. The number of benzene rings is 1. The second-order valence-corrected chi connectivity index (χ2v) is 7.44. The first-order valence-electron chi connectivity index (χ1n) is 9.62. The van der Waals surface area contributed by atoms with Gasteiger partial charge >= 0.3 is 0 Å². The predicted octanol–water partition coefficient (Wildman–Crippen LogP) is 1.36. The molecule has 0 radical (unpaired) electrons. The molecule has 2 aliphatic rings. The number of aliphatic hydroxyl groups excluding tert-OH is 1. The molecule has 0 spiro atoms. The van der Waals surface area contributed by atoms with Crippen molar-refractivity contribution in [3.8, 4) is 5.75 Å². The molecule has 1 N–H and O–H groups in total. The van der Waals surface area contributed by atoms with Crippen molar-refractivity contribution in [1.82, 2.24) is 14.7 Å². The number of likely N-dealkylation sites (N-methyl/N-ethyl adjacent to an activating group) is 1. The molecular weight excluding hydrogens is 330 g/mol. The summed E-state index contributed by atoms with van der Waals surface area (Å²) in [4.78, 5) is 19.4. The lowest BCUT2D eigenvalue weighted by Crippen LogP contribution is -2.53. The van der Waals surface area contributed by atoms with Crippen molar-refractivity contribution in [3.63, 3.8) is 0 Å². The van der Waals surface area contributed by atoms with E-state index < -0.39 is 6.10 Å². The molecule has 26 heavy (non-hydrogen) atoms. The predicted molar refractivity (Wildman–Crippen MR) is 101 cm³/mol. The van der Waals surface area contributed by atoms with Crippen LogP contribution in [-0.4, -0.2) is 85.2 Å². The van der Waals surface area contributed by atoms with Crippen molar-refractivity contribution >= 4 is 5.91 Å². The topological polar surface area (TPSA) is 56.3 Å². The molecule has 2 heterocycles. The minimum atomic E-state index is -1.12. The normalized spacial score (nSPS) is 23.7. The molecule has 1 amide bonds. The second kappa shape index (κ2) is 8.84. The van der Waals surface area contributed by atoms with Crippen molar-refractivity contribution in [3.05, 3.63) is 29.8 Å². The lowest BCUT2D eigenvalue weighted by atomic mass is 10.0. The summed E-state index contributed by atoms with van der Waals surface area (Å²) in [5.74, 6) is 0.434. The highest BCUT2D eigenvalue weighted by Crippen LogP contribution is 2.22. The molecule has 6 heteroatoms. The highest BCUT2D eigenvalue weighted by Gasteiger charge is 2.29.